The molecule has 0 aromatic heterocycles. The minimum absolute atomic E-state index is 0.0335. The molecule has 3 amide bonds. The van der Waals surface area contributed by atoms with Crippen LogP contribution in [0.5, 0.6) is 0 Å². The summed E-state index contributed by atoms with van der Waals surface area (Å²) in [4.78, 5) is 33.8. The standard InChI is InChI=1S/C9H18N4O3/c1-3-8(15)13(11-4-2)9(16)6-5-7(14)12-10/h11H,3-6,10H2,1-2H3,(H,12,14). The molecule has 0 radical (unpaired) electrons. The molecule has 7 nitrogen and oxygen atoms in total. The van der Waals surface area contributed by atoms with Crippen molar-refractivity contribution in [3.8, 4) is 0 Å². The molecule has 0 aliphatic rings. The summed E-state index contributed by atoms with van der Waals surface area (Å²) in [6, 6.07) is 0. The average molecular weight is 230 g/mol. The Bertz CT molecular complexity index is 267. The van der Waals surface area contributed by atoms with E-state index in [0.717, 1.165) is 5.01 Å². The first-order chi connectivity index (χ1) is 7.56. The molecule has 16 heavy (non-hydrogen) atoms. The van der Waals surface area contributed by atoms with E-state index in [2.05, 4.69) is 5.43 Å². The average Bonchev–Trinajstić information content (AvgIpc) is 2.31. The molecule has 0 saturated carbocycles. The number of hydrogen-bond donors (Lipinski definition) is 3. The van der Waals surface area contributed by atoms with Crippen molar-refractivity contribution >= 4 is 17.7 Å². The number of nitrogens with zero attached hydrogens (tertiary/aromatic N) is 1. The van der Waals surface area contributed by atoms with Gasteiger partial charge < -0.3 is 0 Å². The summed E-state index contributed by atoms with van der Waals surface area (Å²) in [6.45, 7) is 3.89. The number of carbonyl (C=O) groups excluding carboxylic acids is 3. The number of nitrogens with one attached hydrogen (secondary N) is 2. The van der Waals surface area contributed by atoms with Gasteiger partial charge in [-0.05, 0) is 0 Å². The van der Waals surface area contributed by atoms with Crippen LogP contribution in [-0.2, 0) is 14.4 Å². The van der Waals surface area contributed by atoms with E-state index in [1.807, 2.05) is 5.43 Å². The third-order valence-electron chi connectivity index (χ3n) is 1.84. The van der Waals surface area contributed by atoms with Crippen LogP contribution in [0, 0.1) is 0 Å². The Morgan fingerprint density at radius 2 is 1.75 bits per heavy atom. The second-order valence-electron chi connectivity index (χ2n) is 3.06. The lowest BCUT2D eigenvalue weighted by Gasteiger charge is -2.19. The molecule has 0 aromatic carbocycles. The summed E-state index contributed by atoms with van der Waals surface area (Å²) in [5.41, 5.74) is 4.57. The molecule has 0 spiro atoms. The maximum Gasteiger partial charge on any atom is 0.244 e. The van der Waals surface area contributed by atoms with E-state index in [0.29, 0.717) is 6.54 Å². The lowest BCUT2D eigenvalue weighted by Crippen LogP contribution is -2.47. The Morgan fingerprint density at radius 3 is 2.19 bits per heavy atom. The van der Waals surface area contributed by atoms with Crippen LogP contribution in [0.4, 0.5) is 0 Å². The van der Waals surface area contributed by atoms with Crippen molar-refractivity contribution < 1.29 is 14.4 Å². The summed E-state index contributed by atoms with van der Waals surface area (Å²) < 4.78 is 0. The highest BCUT2D eigenvalue weighted by molar-refractivity contribution is 5.95. The molecule has 7 heteroatoms. The van der Waals surface area contributed by atoms with E-state index in [9.17, 15) is 14.4 Å². The molecule has 0 rings (SSSR count). The zero-order chi connectivity index (χ0) is 12.6. The van der Waals surface area contributed by atoms with Gasteiger partial charge in [-0.15, -0.1) is 0 Å². The van der Waals surface area contributed by atoms with Gasteiger partial charge in [0.05, 0.1) is 0 Å². The monoisotopic (exact) mass is 230 g/mol. The fraction of sp³-hybridized carbons (Fsp3) is 0.667. The topological polar surface area (TPSA) is 105 Å². The number of hydrogen-bond acceptors (Lipinski definition) is 5. The van der Waals surface area contributed by atoms with Crippen molar-refractivity contribution in [1.82, 2.24) is 15.9 Å². The first-order valence-corrected chi connectivity index (χ1v) is 5.15. The largest absolute Gasteiger partial charge is 0.294 e. The van der Waals surface area contributed by atoms with E-state index in [4.69, 9.17) is 5.84 Å². The van der Waals surface area contributed by atoms with Crippen LogP contribution in [0.1, 0.15) is 33.1 Å². The lowest BCUT2D eigenvalue weighted by molar-refractivity contribution is -0.149. The highest BCUT2D eigenvalue weighted by Crippen LogP contribution is 1.98. The summed E-state index contributed by atoms with van der Waals surface area (Å²) >= 11 is 0. The van der Waals surface area contributed by atoms with Gasteiger partial charge in [0.15, 0.2) is 0 Å². The van der Waals surface area contributed by atoms with Gasteiger partial charge in [-0.1, -0.05) is 13.8 Å². The number of amides is 3. The molecule has 92 valence electrons. The SMILES string of the molecule is CCNN(C(=O)CC)C(=O)CCC(=O)NN. The number of hydrazine groups is 2. The van der Waals surface area contributed by atoms with Crippen LogP contribution >= 0.6 is 0 Å². The predicted octanol–water partition coefficient (Wildman–Crippen LogP) is -0.954. The first-order valence-electron chi connectivity index (χ1n) is 5.15. The predicted molar refractivity (Wildman–Crippen MR) is 57.4 cm³/mol. The second kappa shape index (κ2) is 7.77. The highest BCUT2D eigenvalue weighted by Gasteiger charge is 2.19. The van der Waals surface area contributed by atoms with Crippen molar-refractivity contribution in [3.05, 3.63) is 0 Å². The number of imide groups is 1. The van der Waals surface area contributed by atoms with Gasteiger partial charge in [0.2, 0.25) is 17.7 Å². The molecule has 0 aromatic rings. The zero-order valence-electron chi connectivity index (χ0n) is 9.58. The molecule has 0 aliphatic heterocycles. The van der Waals surface area contributed by atoms with Crippen LogP contribution in [0.3, 0.4) is 0 Å². The van der Waals surface area contributed by atoms with Crippen molar-refractivity contribution in [1.29, 1.82) is 0 Å². The van der Waals surface area contributed by atoms with Crippen molar-refractivity contribution in [3.63, 3.8) is 0 Å². The normalized spacial score (nSPS) is 9.69. The van der Waals surface area contributed by atoms with Crippen molar-refractivity contribution in [2.24, 2.45) is 5.84 Å². The molecule has 0 heterocycles. The van der Waals surface area contributed by atoms with Crippen molar-refractivity contribution in [2.75, 3.05) is 6.54 Å². The molecule has 0 bridgehead atoms. The quantitative estimate of drug-likeness (QED) is 0.310. The first kappa shape index (κ1) is 14.5. The van der Waals surface area contributed by atoms with Gasteiger partial charge in [-0.25, -0.2) is 16.3 Å². The second-order valence-corrected chi connectivity index (χ2v) is 3.06. The molecule has 4 N–H and O–H groups in total. The molecular weight excluding hydrogens is 212 g/mol. The van der Waals surface area contributed by atoms with Crippen LogP contribution < -0.4 is 16.7 Å². The number of rotatable bonds is 6. The van der Waals surface area contributed by atoms with Gasteiger partial charge in [0.25, 0.3) is 0 Å². The Kier molecular flexibility index (Phi) is 7.06. The minimum atomic E-state index is -0.436. The number of carbonyl (C=O) groups is 3. The van der Waals surface area contributed by atoms with Gasteiger partial charge in [-0.3, -0.25) is 19.8 Å². The van der Waals surface area contributed by atoms with Crippen LogP contribution in [-0.4, -0.2) is 29.3 Å². The van der Waals surface area contributed by atoms with E-state index in [1.54, 1.807) is 13.8 Å². The fourth-order valence-corrected chi connectivity index (χ4v) is 1.04. The number of nitrogens with two attached hydrogens (primary N) is 1. The smallest absolute Gasteiger partial charge is 0.244 e. The lowest BCUT2D eigenvalue weighted by atomic mass is 10.2. The molecule has 0 unspecified atom stereocenters. The van der Waals surface area contributed by atoms with Crippen LogP contribution in [0.2, 0.25) is 0 Å². The Hall–Kier alpha value is -1.47. The van der Waals surface area contributed by atoms with Crippen molar-refractivity contribution in [2.45, 2.75) is 33.1 Å². The van der Waals surface area contributed by atoms with Gasteiger partial charge in [0, 0.05) is 25.8 Å². The molecule has 0 saturated heterocycles. The minimum Gasteiger partial charge on any atom is -0.294 e. The van der Waals surface area contributed by atoms with Crippen LogP contribution in [0.15, 0.2) is 0 Å². The Labute approximate surface area is 94.3 Å². The van der Waals surface area contributed by atoms with Gasteiger partial charge in [-0.2, -0.15) is 0 Å². The van der Waals surface area contributed by atoms with E-state index in [1.165, 1.54) is 0 Å². The maximum atomic E-state index is 11.6. The maximum absolute atomic E-state index is 11.6. The van der Waals surface area contributed by atoms with E-state index >= 15 is 0 Å². The van der Waals surface area contributed by atoms with E-state index in [-0.39, 0.29) is 25.2 Å². The summed E-state index contributed by atoms with van der Waals surface area (Å²) in [5, 5.41) is 0.948. The molecule has 0 atom stereocenters. The zero-order valence-corrected chi connectivity index (χ0v) is 9.58. The third-order valence-corrected chi connectivity index (χ3v) is 1.84. The fourth-order valence-electron chi connectivity index (χ4n) is 1.04. The Morgan fingerprint density at radius 1 is 1.12 bits per heavy atom. The van der Waals surface area contributed by atoms with Gasteiger partial charge in [0.1, 0.15) is 0 Å². The highest BCUT2D eigenvalue weighted by atomic mass is 16.2. The van der Waals surface area contributed by atoms with Gasteiger partial charge >= 0.3 is 0 Å². The van der Waals surface area contributed by atoms with E-state index < -0.39 is 11.8 Å². The molecule has 0 fully saturated rings. The summed E-state index contributed by atoms with van der Waals surface area (Å²) in [5.74, 6) is 3.68. The molecule has 0 aliphatic carbocycles. The van der Waals surface area contributed by atoms with Crippen LogP contribution in [0.25, 0.3) is 0 Å². The molecular formula is C9H18N4O3. The Balaban J connectivity index is 4.27. The third kappa shape index (κ3) is 4.85. The summed E-state index contributed by atoms with van der Waals surface area (Å²) in [7, 11) is 0. The summed E-state index contributed by atoms with van der Waals surface area (Å²) in [6.07, 6.45) is 0.137.